The second kappa shape index (κ2) is 6.41. The number of hydrogen-bond acceptors (Lipinski definition) is 4. The minimum atomic E-state index is -0.517. The summed E-state index contributed by atoms with van der Waals surface area (Å²) in [5.74, 6) is -0.257. The van der Waals surface area contributed by atoms with Gasteiger partial charge in [0.2, 0.25) is 17.0 Å². The van der Waals surface area contributed by atoms with Gasteiger partial charge < -0.3 is 9.32 Å². The van der Waals surface area contributed by atoms with E-state index >= 15 is 0 Å². The summed E-state index contributed by atoms with van der Waals surface area (Å²) in [4.78, 5) is 29.7. The molecule has 7 heteroatoms. The van der Waals surface area contributed by atoms with E-state index in [1.54, 1.807) is 18.2 Å². The third-order valence-electron chi connectivity index (χ3n) is 4.47. The maximum atomic E-state index is 12.3. The average Bonchev–Trinajstić information content (AvgIpc) is 3.18. The van der Waals surface area contributed by atoms with Gasteiger partial charge in [-0.05, 0) is 54.4 Å². The van der Waals surface area contributed by atoms with Crippen molar-refractivity contribution in [3.63, 3.8) is 0 Å². The molecule has 132 valence electrons. The minimum Gasteiger partial charge on any atom is -0.436 e. The number of carbonyl (C=O) groups excluding carboxylic acids is 2. The lowest BCUT2D eigenvalue weighted by atomic mass is 10.1. The van der Waals surface area contributed by atoms with E-state index in [-0.39, 0.29) is 18.9 Å². The van der Waals surface area contributed by atoms with Crippen molar-refractivity contribution in [1.82, 2.24) is 4.98 Å². The quantitative estimate of drug-likeness (QED) is 0.616. The van der Waals surface area contributed by atoms with Crippen molar-refractivity contribution in [2.45, 2.75) is 13.3 Å². The lowest BCUT2D eigenvalue weighted by Crippen LogP contribution is -2.25. The van der Waals surface area contributed by atoms with Crippen molar-refractivity contribution in [3.8, 4) is 11.5 Å². The van der Waals surface area contributed by atoms with Crippen LogP contribution in [0.3, 0.4) is 0 Å². The highest BCUT2D eigenvalue weighted by Crippen LogP contribution is 2.36. The molecule has 1 fully saturated rings. The molecule has 1 amide bonds. The van der Waals surface area contributed by atoms with Crippen LogP contribution < -0.4 is 4.90 Å². The first-order chi connectivity index (χ1) is 12.4. The first kappa shape index (κ1) is 17.1. The molecule has 5 nitrogen and oxygen atoms in total. The van der Waals surface area contributed by atoms with E-state index in [0.29, 0.717) is 27.7 Å². The SMILES string of the molecule is Cc1ccc2oc(-c3ccc(Cl)c(N4C[C@@H](C(=O)Cl)CC4=O)c3)nc2c1. The van der Waals surface area contributed by atoms with E-state index in [4.69, 9.17) is 27.6 Å². The zero-order valence-electron chi connectivity index (χ0n) is 13.8. The third-order valence-corrected chi connectivity index (χ3v) is 5.10. The maximum absolute atomic E-state index is 12.3. The number of hydrogen-bond donors (Lipinski definition) is 0. The van der Waals surface area contributed by atoms with Gasteiger partial charge in [-0.15, -0.1) is 0 Å². The van der Waals surface area contributed by atoms with Gasteiger partial charge in [0.1, 0.15) is 5.52 Å². The van der Waals surface area contributed by atoms with Gasteiger partial charge >= 0.3 is 0 Å². The molecule has 1 saturated heterocycles. The molecule has 1 aliphatic heterocycles. The van der Waals surface area contributed by atoms with E-state index in [1.807, 2.05) is 25.1 Å². The Labute approximate surface area is 159 Å². The zero-order valence-corrected chi connectivity index (χ0v) is 15.3. The van der Waals surface area contributed by atoms with Crippen LogP contribution >= 0.6 is 23.2 Å². The number of nitrogens with zero attached hydrogens (tertiary/aromatic N) is 2. The highest BCUT2D eigenvalue weighted by atomic mass is 35.5. The van der Waals surface area contributed by atoms with Gasteiger partial charge in [0.25, 0.3) is 0 Å². The number of aryl methyl sites for hydroxylation is 1. The van der Waals surface area contributed by atoms with E-state index in [9.17, 15) is 9.59 Å². The topological polar surface area (TPSA) is 63.4 Å². The van der Waals surface area contributed by atoms with E-state index in [2.05, 4.69) is 4.98 Å². The first-order valence-electron chi connectivity index (χ1n) is 8.09. The Bertz CT molecular complexity index is 1040. The number of halogens is 2. The lowest BCUT2D eigenvalue weighted by Gasteiger charge is -2.18. The molecule has 1 atom stereocenters. The third kappa shape index (κ3) is 2.97. The lowest BCUT2D eigenvalue weighted by molar-refractivity contribution is -0.120. The van der Waals surface area contributed by atoms with Crippen molar-refractivity contribution in [1.29, 1.82) is 0 Å². The monoisotopic (exact) mass is 388 g/mol. The molecule has 0 radical (unpaired) electrons. The molecule has 0 unspecified atom stereocenters. The smallest absolute Gasteiger partial charge is 0.227 e. The van der Waals surface area contributed by atoms with Crippen molar-refractivity contribution >= 4 is 51.1 Å². The molecule has 26 heavy (non-hydrogen) atoms. The van der Waals surface area contributed by atoms with Crippen LogP contribution in [-0.4, -0.2) is 22.7 Å². The summed E-state index contributed by atoms with van der Waals surface area (Å²) in [6.45, 7) is 2.21. The van der Waals surface area contributed by atoms with Crippen LogP contribution in [0.15, 0.2) is 40.8 Å². The van der Waals surface area contributed by atoms with E-state index < -0.39 is 11.2 Å². The fourth-order valence-corrected chi connectivity index (χ4v) is 3.47. The summed E-state index contributed by atoms with van der Waals surface area (Å²) in [7, 11) is 0. The normalized spacial score (nSPS) is 17.3. The molecule has 0 saturated carbocycles. The molecule has 0 aliphatic carbocycles. The molecule has 1 aliphatic rings. The number of aromatic nitrogens is 1. The standard InChI is InChI=1S/C19H14Cl2N2O3/c1-10-2-5-16-14(6-10)22-19(26-16)11-3-4-13(20)15(7-11)23-9-12(18(21)25)8-17(23)24/h2-7,12H,8-9H2,1H3/t12-/m0/s1. The molecule has 1 aromatic heterocycles. The highest BCUT2D eigenvalue weighted by Gasteiger charge is 2.35. The highest BCUT2D eigenvalue weighted by molar-refractivity contribution is 6.64. The van der Waals surface area contributed by atoms with Crippen molar-refractivity contribution < 1.29 is 14.0 Å². The molecular weight excluding hydrogens is 375 g/mol. The second-order valence-electron chi connectivity index (χ2n) is 6.37. The molecule has 0 bridgehead atoms. The van der Waals surface area contributed by atoms with Gasteiger partial charge in [-0.3, -0.25) is 9.59 Å². The number of rotatable bonds is 3. The summed E-state index contributed by atoms with van der Waals surface area (Å²) in [5, 5.41) is -0.0980. The Morgan fingerprint density at radius 2 is 2.08 bits per heavy atom. The summed E-state index contributed by atoms with van der Waals surface area (Å²) in [6.07, 6.45) is 0.0883. The van der Waals surface area contributed by atoms with Crippen LogP contribution in [-0.2, 0) is 9.59 Å². The van der Waals surface area contributed by atoms with Crippen LogP contribution in [0.1, 0.15) is 12.0 Å². The van der Waals surface area contributed by atoms with Crippen molar-refractivity contribution in [2.24, 2.45) is 5.92 Å². The Balaban J connectivity index is 1.74. The van der Waals surface area contributed by atoms with Crippen LogP contribution in [0.2, 0.25) is 5.02 Å². The fourth-order valence-electron chi connectivity index (χ4n) is 3.11. The van der Waals surface area contributed by atoms with Gasteiger partial charge in [0, 0.05) is 18.5 Å². The molecule has 0 N–H and O–H groups in total. The van der Waals surface area contributed by atoms with Crippen LogP contribution in [0.25, 0.3) is 22.6 Å². The number of carbonyl (C=O) groups is 2. The fraction of sp³-hybridized carbons (Fsp3) is 0.211. The van der Waals surface area contributed by atoms with Gasteiger partial charge in [0.05, 0.1) is 16.6 Å². The summed E-state index contributed by atoms with van der Waals surface area (Å²) < 4.78 is 5.82. The molecule has 3 aromatic rings. The summed E-state index contributed by atoms with van der Waals surface area (Å²) >= 11 is 11.8. The average molecular weight is 389 g/mol. The van der Waals surface area contributed by atoms with Gasteiger partial charge in [-0.2, -0.15) is 0 Å². The van der Waals surface area contributed by atoms with Crippen molar-refractivity contribution in [3.05, 3.63) is 47.0 Å². The number of benzene rings is 2. The predicted molar refractivity (Wildman–Crippen MR) is 101 cm³/mol. The zero-order chi connectivity index (χ0) is 18.4. The van der Waals surface area contributed by atoms with Gasteiger partial charge in [-0.25, -0.2) is 4.98 Å². The molecule has 2 heterocycles. The number of fused-ring (bicyclic) bond motifs is 1. The molecule has 2 aromatic carbocycles. The minimum absolute atomic E-state index is 0.0883. The van der Waals surface area contributed by atoms with E-state index in [0.717, 1.165) is 11.1 Å². The summed E-state index contributed by atoms with van der Waals surface area (Å²) in [6, 6.07) is 11.0. The van der Waals surface area contributed by atoms with Crippen LogP contribution in [0.5, 0.6) is 0 Å². The Morgan fingerprint density at radius 1 is 1.27 bits per heavy atom. The summed E-state index contributed by atoms with van der Waals surface area (Å²) in [5.41, 5.74) is 3.77. The second-order valence-corrected chi connectivity index (χ2v) is 7.15. The number of anilines is 1. The number of amides is 1. The molecule has 4 rings (SSSR count). The Kier molecular flexibility index (Phi) is 4.21. The van der Waals surface area contributed by atoms with Gasteiger partial charge in [0.15, 0.2) is 5.58 Å². The predicted octanol–water partition coefficient (Wildman–Crippen LogP) is 4.57. The van der Waals surface area contributed by atoms with Gasteiger partial charge in [-0.1, -0.05) is 17.7 Å². The van der Waals surface area contributed by atoms with Crippen molar-refractivity contribution in [2.75, 3.05) is 11.4 Å². The molecular formula is C19H14Cl2N2O3. The Hall–Kier alpha value is -2.37. The van der Waals surface area contributed by atoms with Crippen LogP contribution in [0, 0.1) is 12.8 Å². The largest absolute Gasteiger partial charge is 0.436 e. The van der Waals surface area contributed by atoms with E-state index in [1.165, 1.54) is 4.90 Å². The number of oxazole rings is 1. The maximum Gasteiger partial charge on any atom is 0.227 e. The van der Waals surface area contributed by atoms with Crippen LogP contribution in [0.4, 0.5) is 5.69 Å². The molecule has 0 spiro atoms. The first-order valence-corrected chi connectivity index (χ1v) is 8.85. The Morgan fingerprint density at radius 3 is 2.81 bits per heavy atom.